The lowest BCUT2D eigenvalue weighted by molar-refractivity contribution is -0.140. The summed E-state index contributed by atoms with van der Waals surface area (Å²) >= 11 is 0. The number of nitrogens with zero attached hydrogens (tertiary/aromatic N) is 4. The zero-order valence-electron chi connectivity index (χ0n) is 28.0. The van der Waals surface area contributed by atoms with Gasteiger partial charge in [0.1, 0.15) is 6.04 Å². The van der Waals surface area contributed by atoms with Gasteiger partial charge in [-0.05, 0) is 6.42 Å². The van der Waals surface area contributed by atoms with Gasteiger partial charge >= 0.3 is 17.9 Å². The molecule has 49 heavy (non-hydrogen) atoms. The number of carbonyl (C=O) groups excluding carboxylic acids is 5. The van der Waals surface area contributed by atoms with Crippen LogP contribution < -0.4 is 27.0 Å². The van der Waals surface area contributed by atoms with E-state index in [0.717, 1.165) is 6.42 Å². The molecule has 1 heterocycles. The fraction of sp³-hybridized carbons (Fsp3) is 0.724. The van der Waals surface area contributed by atoms with Crippen molar-refractivity contribution in [3.8, 4) is 0 Å². The molecular weight excluding hydrogens is 650 g/mol. The Kier molecular flexibility index (Phi) is 20.7. The summed E-state index contributed by atoms with van der Waals surface area (Å²) in [5.41, 5.74) is 5.18. The molecule has 1 saturated heterocycles. The predicted octanol–water partition coefficient (Wildman–Crippen LogP) is -4.64. The Morgan fingerprint density at radius 1 is 0.612 bits per heavy atom. The van der Waals surface area contributed by atoms with Crippen LogP contribution in [0.5, 0.6) is 0 Å². The lowest BCUT2D eigenvalue weighted by Gasteiger charge is -2.32. The fourth-order valence-corrected chi connectivity index (χ4v) is 4.79. The van der Waals surface area contributed by atoms with Crippen molar-refractivity contribution in [1.82, 2.24) is 40.9 Å². The van der Waals surface area contributed by atoms with E-state index in [1.54, 1.807) is 19.6 Å². The monoisotopic (exact) mass is 701 g/mol. The highest BCUT2D eigenvalue weighted by Crippen LogP contribution is 2.02. The summed E-state index contributed by atoms with van der Waals surface area (Å²) in [5, 5.41) is 38.0. The van der Waals surface area contributed by atoms with Gasteiger partial charge < -0.3 is 42.3 Å². The number of nitrogens with two attached hydrogens (primary N) is 1. The van der Waals surface area contributed by atoms with Gasteiger partial charge in [0.15, 0.2) is 0 Å². The van der Waals surface area contributed by atoms with E-state index in [0.29, 0.717) is 13.0 Å². The lowest BCUT2D eigenvalue weighted by Crippen LogP contribution is -2.51. The minimum Gasteiger partial charge on any atom is -0.480 e. The summed E-state index contributed by atoms with van der Waals surface area (Å²) in [7, 11) is 0. The highest BCUT2D eigenvalue weighted by atomic mass is 16.4. The topological polar surface area (TPSA) is 284 Å². The number of aliphatic carboxylic acids is 3. The minimum atomic E-state index is -1.19. The fourth-order valence-electron chi connectivity index (χ4n) is 4.79. The van der Waals surface area contributed by atoms with E-state index in [2.05, 4.69) is 21.3 Å². The normalized spacial score (nSPS) is 16.3. The van der Waals surface area contributed by atoms with Crippen molar-refractivity contribution in [2.45, 2.75) is 38.6 Å². The van der Waals surface area contributed by atoms with E-state index in [9.17, 15) is 53.7 Å². The van der Waals surface area contributed by atoms with Crippen LogP contribution in [0.1, 0.15) is 32.6 Å². The number of carbonyl (C=O) groups is 8. The van der Waals surface area contributed by atoms with Crippen molar-refractivity contribution < 1.29 is 53.7 Å². The number of nitrogens with one attached hydrogen (secondary N) is 4. The Morgan fingerprint density at radius 2 is 1.06 bits per heavy atom. The van der Waals surface area contributed by atoms with Crippen LogP contribution in [0.3, 0.4) is 0 Å². The minimum absolute atomic E-state index is 0.0695. The summed E-state index contributed by atoms with van der Waals surface area (Å²) < 4.78 is 0. The summed E-state index contributed by atoms with van der Waals surface area (Å²) in [6.07, 6.45) is 0.950. The van der Waals surface area contributed by atoms with Crippen LogP contribution in [0.2, 0.25) is 0 Å². The molecule has 0 aromatic rings. The average Bonchev–Trinajstić information content (AvgIpc) is 3.00. The number of hydrogen-bond donors (Lipinski definition) is 8. The van der Waals surface area contributed by atoms with Gasteiger partial charge in [-0.25, -0.2) is 0 Å². The van der Waals surface area contributed by atoms with E-state index in [-0.39, 0.29) is 91.5 Å². The molecule has 1 fully saturated rings. The maximum atomic E-state index is 12.8. The van der Waals surface area contributed by atoms with Crippen LogP contribution in [0.15, 0.2) is 0 Å². The molecule has 0 aliphatic carbocycles. The first kappa shape index (κ1) is 42.6. The summed E-state index contributed by atoms with van der Waals surface area (Å²) in [5.74, 6) is -6.27. The quantitative estimate of drug-likeness (QED) is 0.0554. The van der Waals surface area contributed by atoms with Gasteiger partial charge in [-0.1, -0.05) is 13.3 Å². The molecular formula is C29H51N9O11. The summed E-state index contributed by atoms with van der Waals surface area (Å²) in [6, 6.07) is -1.19. The maximum absolute atomic E-state index is 12.8. The number of amides is 5. The van der Waals surface area contributed by atoms with Crippen molar-refractivity contribution >= 4 is 47.4 Å². The van der Waals surface area contributed by atoms with E-state index < -0.39 is 66.5 Å². The van der Waals surface area contributed by atoms with Crippen LogP contribution in [-0.4, -0.2) is 187 Å². The van der Waals surface area contributed by atoms with Crippen LogP contribution in [0, 0.1) is 0 Å². The molecule has 1 unspecified atom stereocenters. The Morgan fingerprint density at radius 3 is 1.47 bits per heavy atom. The molecule has 0 aromatic heterocycles. The van der Waals surface area contributed by atoms with Crippen LogP contribution in [-0.2, 0) is 38.4 Å². The number of carboxylic acids is 3. The number of unbranched alkanes of at least 4 members (excludes halogenated alkanes) is 1. The Bertz CT molecular complexity index is 1110. The van der Waals surface area contributed by atoms with Crippen molar-refractivity contribution in [3.05, 3.63) is 0 Å². The smallest absolute Gasteiger partial charge is 0.317 e. The number of carboxylic acid groups (broad SMARTS) is 3. The van der Waals surface area contributed by atoms with Crippen molar-refractivity contribution in [1.29, 1.82) is 0 Å². The number of hydrogen-bond acceptors (Lipinski definition) is 12. The highest BCUT2D eigenvalue weighted by molar-refractivity contribution is 5.93. The largest absolute Gasteiger partial charge is 0.480 e. The molecule has 9 N–H and O–H groups in total. The van der Waals surface area contributed by atoms with Crippen LogP contribution >= 0.6 is 0 Å². The van der Waals surface area contributed by atoms with E-state index in [1.807, 2.05) is 6.92 Å². The average molecular weight is 702 g/mol. The van der Waals surface area contributed by atoms with Crippen molar-refractivity contribution in [3.63, 3.8) is 0 Å². The number of rotatable bonds is 20. The summed E-state index contributed by atoms with van der Waals surface area (Å²) in [4.78, 5) is 102. The molecule has 1 rings (SSSR count). The van der Waals surface area contributed by atoms with Gasteiger partial charge in [0.05, 0.1) is 39.1 Å². The van der Waals surface area contributed by atoms with Gasteiger partial charge in [-0.15, -0.1) is 0 Å². The first-order valence-electron chi connectivity index (χ1n) is 16.1. The van der Waals surface area contributed by atoms with Crippen molar-refractivity contribution in [2.75, 3.05) is 98.2 Å². The molecule has 5 amide bonds. The second-order valence-electron chi connectivity index (χ2n) is 11.6. The molecule has 1 aliphatic heterocycles. The van der Waals surface area contributed by atoms with E-state index in [4.69, 9.17) is 5.73 Å². The SMILES string of the molecule is CCCCNC(=O)C(CC(N)=O)NC(=O)CNC(=O)CCNC(=O)CN1CCN(CC(=O)O)CCN(CC(=O)O)CCN(CC(=O)O)CC1. The van der Waals surface area contributed by atoms with Gasteiger partial charge in [-0.3, -0.25) is 58.0 Å². The van der Waals surface area contributed by atoms with Gasteiger partial charge in [0.25, 0.3) is 0 Å². The molecule has 278 valence electrons. The molecule has 0 aromatic carbocycles. The zero-order valence-corrected chi connectivity index (χ0v) is 28.0. The molecule has 0 spiro atoms. The Balaban J connectivity index is 2.69. The Labute approximate surface area is 284 Å². The second-order valence-corrected chi connectivity index (χ2v) is 11.6. The first-order chi connectivity index (χ1) is 23.2. The van der Waals surface area contributed by atoms with Crippen molar-refractivity contribution in [2.24, 2.45) is 5.73 Å². The number of primary amides is 1. The molecule has 0 bridgehead atoms. The highest BCUT2D eigenvalue weighted by Gasteiger charge is 2.24. The molecule has 20 heteroatoms. The molecule has 1 atom stereocenters. The van der Waals surface area contributed by atoms with E-state index in [1.165, 1.54) is 0 Å². The molecule has 1 aliphatic rings. The molecule has 0 radical (unpaired) electrons. The van der Waals surface area contributed by atoms with Gasteiger partial charge in [0, 0.05) is 71.9 Å². The third kappa shape index (κ3) is 21.2. The van der Waals surface area contributed by atoms with E-state index >= 15 is 0 Å². The van der Waals surface area contributed by atoms with Gasteiger partial charge in [0.2, 0.25) is 29.5 Å². The standard InChI is InChI=1S/C29H51N9O11/c1-2-3-5-32-29(49)21(15-22(30)39)34-24(41)16-33-23(40)4-6-31-25(42)17-35-7-9-36(18-26(43)44)11-13-38(20-28(47)48)14-12-37(10-8-35)19-27(45)46/h21H,2-20H2,1H3,(H2,30,39)(H,31,42)(H,32,49)(H,33,40)(H,34,41)(H,43,44)(H,45,46)(H,47,48). The predicted molar refractivity (Wildman–Crippen MR) is 173 cm³/mol. The van der Waals surface area contributed by atoms with Crippen LogP contribution in [0.4, 0.5) is 0 Å². The van der Waals surface area contributed by atoms with Gasteiger partial charge in [-0.2, -0.15) is 0 Å². The lowest BCUT2D eigenvalue weighted by atomic mass is 10.1. The Hall–Kier alpha value is -4.40. The second kappa shape index (κ2) is 23.8. The first-order valence-corrected chi connectivity index (χ1v) is 16.1. The third-order valence-electron chi connectivity index (χ3n) is 7.38. The van der Waals surface area contributed by atoms with Crippen LogP contribution in [0.25, 0.3) is 0 Å². The molecule has 20 nitrogen and oxygen atoms in total. The summed E-state index contributed by atoms with van der Waals surface area (Å²) in [6.45, 7) is 2.70. The molecule has 0 saturated carbocycles. The maximum Gasteiger partial charge on any atom is 0.317 e. The third-order valence-corrected chi connectivity index (χ3v) is 7.38. The zero-order chi connectivity index (χ0) is 36.8.